The van der Waals surface area contributed by atoms with Crippen LogP contribution in [0.3, 0.4) is 0 Å². The van der Waals surface area contributed by atoms with Crippen LogP contribution in [0.5, 0.6) is 0 Å². The number of hydrogen-bond donors (Lipinski definition) is 2. The van der Waals surface area contributed by atoms with E-state index >= 15 is 0 Å². The van der Waals surface area contributed by atoms with Gasteiger partial charge in [-0.05, 0) is 11.4 Å². The van der Waals surface area contributed by atoms with E-state index in [1.165, 1.54) is 0 Å². The Morgan fingerprint density at radius 3 is 3.00 bits per heavy atom. The second-order valence-electron chi connectivity index (χ2n) is 2.16. The Balaban J connectivity index is 2.45. The van der Waals surface area contributed by atoms with Crippen LogP contribution in [0.25, 0.3) is 10.6 Å². The van der Waals surface area contributed by atoms with E-state index in [1.807, 2.05) is 17.5 Å². The molecule has 0 radical (unpaired) electrons. The van der Waals surface area contributed by atoms with Gasteiger partial charge in [-0.2, -0.15) is 0 Å². The molecule has 0 amide bonds. The number of nitrogens with two attached hydrogens (primary N) is 1. The molecule has 0 aliphatic heterocycles. The van der Waals surface area contributed by atoms with E-state index in [0.29, 0.717) is 5.95 Å². The van der Waals surface area contributed by atoms with Crippen molar-refractivity contribution in [3.63, 3.8) is 0 Å². The molecule has 0 spiro atoms. The van der Waals surface area contributed by atoms with Crippen molar-refractivity contribution in [3.8, 4) is 10.6 Å². The fourth-order valence-electron chi connectivity index (χ4n) is 0.894. The lowest BCUT2D eigenvalue weighted by Gasteiger charge is -1.86. The smallest absolute Gasteiger partial charge is 0.197 e. The summed E-state index contributed by atoms with van der Waals surface area (Å²) < 4.78 is 0. The van der Waals surface area contributed by atoms with Crippen LogP contribution in [-0.4, -0.2) is 9.97 Å². The molecule has 0 unspecified atom stereocenters. The lowest BCUT2D eigenvalue weighted by molar-refractivity contribution is 1.33. The van der Waals surface area contributed by atoms with Gasteiger partial charge in [0.2, 0.25) is 0 Å². The number of nitrogen functional groups attached to an aromatic ring is 1. The standard InChI is InChI=1S/C7H7N3S/c8-7-9-4-5(10-7)6-2-1-3-11-6/h1-4H,(H3,8,9,10). The Morgan fingerprint density at radius 2 is 2.45 bits per heavy atom. The van der Waals surface area contributed by atoms with Crippen LogP contribution in [0.4, 0.5) is 5.95 Å². The van der Waals surface area contributed by atoms with E-state index in [1.54, 1.807) is 17.5 Å². The van der Waals surface area contributed by atoms with Crippen LogP contribution in [0.15, 0.2) is 23.7 Å². The number of aromatic nitrogens is 2. The van der Waals surface area contributed by atoms with Crippen molar-refractivity contribution >= 4 is 17.3 Å². The van der Waals surface area contributed by atoms with Crippen LogP contribution in [-0.2, 0) is 0 Å². The Labute approximate surface area is 67.9 Å². The maximum absolute atomic E-state index is 5.42. The first-order chi connectivity index (χ1) is 5.36. The zero-order chi connectivity index (χ0) is 7.68. The minimum Gasteiger partial charge on any atom is -0.369 e. The molecule has 2 heterocycles. The molecule has 2 rings (SSSR count). The van der Waals surface area contributed by atoms with Gasteiger partial charge in [0, 0.05) is 0 Å². The second kappa shape index (κ2) is 2.39. The van der Waals surface area contributed by atoms with Gasteiger partial charge in [0.15, 0.2) is 5.95 Å². The fraction of sp³-hybridized carbons (Fsp3) is 0. The van der Waals surface area contributed by atoms with Gasteiger partial charge in [0.1, 0.15) is 0 Å². The highest BCUT2D eigenvalue weighted by atomic mass is 32.1. The molecule has 0 saturated heterocycles. The molecule has 56 valence electrons. The average Bonchev–Trinajstić information content (AvgIpc) is 2.55. The molecule has 0 saturated carbocycles. The number of rotatable bonds is 1. The van der Waals surface area contributed by atoms with Crippen LogP contribution in [0.1, 0.15) is 0 Å². The third-order valence-electron chi connectivity index (χ3n) is 1.38. The van der Waals surface area contributed by atoms with Crippen molar-refractivity contribution in [1.82, 2.24) is 9.97 Å². The summed E-state index contributed by atoms with van der Waals surface area (Å²) in [6, 6.07) is 4.02. The molecular weight excluding hydrogens is 158 g/mol. The molecule has 0 fully saturated rings. The minimum atomic E-state index is 0.466. The summed E-state index contributed by atoms with van der Waals surface area (Å²) in [5.41, 5.74) is 6.41. The maximum Gasteiger partial charge on any atom is 0.197 e. The zero-order valence-corrected chi connectivity index (χ0v) is 6.56. The Hall–Kier alpha value is -1.29. The average molecular weight is 165 g/mol. The van der Waals surface area contributed by atoms with Crippen LogP contribution < -0.4 is 5.73 Å². The first-order valence-electron chi connectivity index (χ1n) is 3.20. The zero-order valence-electron chi connectivity index (χ0n) is 5.74. The molecule has 0 aliphatic rings. The molecule has 2 aromatic heterocycles. The maximum atomic E-state index is 5.42. The van der Waals surface area contributed by atoms with E-state index in [-0.39, 0.29) is 0 Å². The lowest BCUT2D eigenvalue weighted by Crippen LogP contribution is -1.84. The topological polar surface area (TPSA) is 54.7 Å². The summed E-state index contributed by atoms with van der Waals surface area (Å²) in [6.45, 7) is 0. The third kappa shape index (κ3) is 1.12. The number of anilines is 1. The van der Waals surface area contributed by atoms with Crippen molar-refractivity contribution in [2.75, 3.05) is 5.73 Å². The third-order valence-corrected chi connectivity index (χ3v) is 2.29. The highest BCUT2D eigenvalue weighted by molar-refractivity contribution is 7.13. The summed E-state index contributed by atoms with van der Waals surface area (Å²) in [7, 11) is 0. The van der Waals surface area contributed by atoms with Crippen molar-refractivity contribution in [2.45, 2.75) is 0 Å². The highest BCUT2D eigenvalue weighted by Gasteiger charge is 1.99. The molecule has 3 nitrogen and oxygen atoms in total. The van der Waals surface area contributed by atoms with Crippen LogP contribution in [0, 0.1) is 0 Å². The predicted octanol–water partition coefficient (Wildman–Crippen LogP) is 1.72. The van der Waals surface area contributed by atoms with Crippen molar-refractivity contribution in [2.24, 2.45) is 0 Å². The van der Waals surface area contributed by atoms with Crippen LogP contribution in [0.2, 0.25) is 0 Å². The van der Waals surface area contributed by atoms with Crippen molar-refractivity contribution < 1.29 is 0 Å². The fourth-order valence-corrected chi connectivity index (χ4v) is 1.59. The molecule has 11 heavy (non-hydrogen) atoms. The number of aromatic amines is 1. The first-order valence-corrected chi connectivity index (χ1v) is 4.08. The summed E-state index contributed by atoms with van der Waals surface area (Å²) in [6.07, 6.45) is 1.74. The monoisotopic (exact) mass is 165 g/mol. The van der Waals surface area contributed by atoms with E-state index in [0.717, 1.165) is 10.6 Å². The number of nitrogens with zero attached hydrogens (tertiary/aromatic N) is 1. The highest BCUT2D eigenvalue weighted by Crippen LogP contribution is 2.22. The quantitative estimate of drug-likeness (QED) is 0.676. The summed E-state index contributed by atoms with van der Waals surface area (Å²) >= 11 is 1.66. The van der Waals surface area contributed by atoms with Gasteiger partial charge >= 0.3 is 0 Å². The van der Waals surface area contributed by atoms with Crippen LogP contribution >= 0.6 is 11.3 Å². The molecule has 0 aromatic carbocycles. The van der Waals surface area contributed by atoms with Gasteiger partial charge in [-0.25, -0.2) is 4.98 Å². The van der Waals surface area contributed by atoms with E-state index in [4.69, 9.17) is 5.73 Å². The minimum absolute atomic E-state index is 0.466. The first kappa shape index (κ1) is 6.42. The Kier molecular flexibility index (Phi) is 1.40. The van der Waals surface area contributed by atoms with Gasteiger partial charge in [0.25, 0.3) is 0 Å². The van der Waals surface area contributed by atoms with E-state index in [9.17, 15) is 0 Å². The van der Waals surface area contributed by atoms with Crippen molar-refractivity contribution in [1.29, 1.82) is 0 Å². The van der Waals surface area contributed by atoms with Gasteiger partial charge in [-0.15, -0.1) is 11.3 Å². The van der Waals surface area contributed by atoms with Gasteiger partial charge in [0.05, 0.1) is 16.8 Å². The van der Waals surface area contributed by atoms with Gasteiger partial charge < -0.3 is 10.7 Å². The number of H-pyrrole nitrogens is 1. The van der Waals surface area contributed by atoms with E-state index in [2.05, 4.69) is 9.97 Å². The van der Waals surface area contributed by atoms with Gasteiger partial charge in [-0.1, -0.05) is 6.07 Å². The number of thiophene rings is 1. The molecule has 0 atom stereocenters. The molecule has 4 heteroatoms. The Bertz CT molecular complexity index is 336. The molecule has 2 aromatic rings. The SMILES string of the molecule is Nc1ncc(-c2cccs2)[nH]1. The number of nitrogens with one attached hydrogen (secondary N) is 1. The molecule has 0 bridgehead atoms. The second-order valence-corrected chi connectivity index (χ2v) is 3.11. The molecule has 3 N–H and O–H groups in total. The summed E-state index contributed by atoms with van der Waals surface area (Å²) in [5.74, 6) is 0.466. The van der Waals surface area contributed by atoms with Gasteiger partial charge in [-0.3, -0.25) is 0 Å². The Morgan fingerprint density at radius 1 is 1.55 bits per heavy atom. The normalized spacial score (nSPS) is 10.2. The summed E-state index contributed by atoms with van der Waals surface area (Å²) in [5, 5.41) is 2.02. The summed E-state index contributed by atoms with van der Waals surface area (Å²) in [4.78, 5) is 8.02. The number of imidazole rings is 1. The van der Waals surface area contributed by atoms with Crippen molar-refractivity contribution in [3.05, 3.63) is 23.7 Å². The van der Waals surface area contributed by atoms with E-state index < -0.39 is 0 Å². The molecular formula is C7H7N3S. The number of hydrogen-bond acceptors (Lipinski definition) is 3. The largest absolute Gasteiger partial charge is 0.369 e. The predicted molar refractivity (Wildman–Crippen MR) is 46.3 cm³/mol. The molecule has 0 aliphatic carbocycles. The lowest BCUT2D eigenvalue weighted by atomic mass is 10.4.